The van der Waals surface area contributed by atoms with Crippen molar-refractivity contribution < 1.29 is 27.5 Å². The molecule has 0 radical (unpaired) electrons. The lowest BCUT2D eigenvalue weighted by Crippen LogP contribution is -2.54. The maximum atomic E-state index is 12.2. The Morgan fingerprint density at radius 2 is 1.77 bits per heavy atom. The lowest BCUT2D eigenvalue weighted by molar-refractivity contribution is -0.145. The highest BCUT2D eigenvalue weighted by molar-refractivity contribution is 7.90. The highest BCUT2D eigenvalue weighted by Crippen LogP contribution is 2.28. The normalized spacial score (nSPS) is 18.4. The molecule has 1 aromatic rings. The van der Waals surface area contributed by atoms with Crippen molar-refractivity contribution in [1.82, 2.24) is 5.32 Å². The molecule has 0 aliphatic heterocycles. The Labute approximate surface area is 128 Å². The van der Waals surface area contributed by atoms with Gasteiger partial charge in [0, 0.05) is 6.26 Å². The van der Waals surface area contributed by atoms with Gasteiger partial charge in [0.05, 0.1) is 0 Å². The van der Waals surface area contributed by atoms with Crippen molar-refractivity contribution >= 4 is 21.7 Å². The molecule has 0 aromatic carbocycles. The van der Waals surface area contributed by atoms with Gasteiger partial charge in [-0.05, 0) is 25.0 Å². The maximum absolute atomic E-state index is 12.2. The van der Waals surface area contributed by atoms with Gasteiger partial charge in [-0.1, -0.05) is 25.7 Å². The van der Waals surface area contributed by atoms with Gasteiger partial charge in [0.2, 0.25) is 14.9 Å². The summed E-state index contributed by atoms with van der Waals surface area (Å²) in [5.41, 5.74) is -1.31. The zero-order valence-corrected chi connectivity index (χ0v) is 13.1. The molecule has 7 nitrogen and oxygen atoms in total. The van der Waals surface area contributed by atoms with Crippen LogP contribution < -0.4 is 5.32 Å². The zero-order valence-electron chi connectivity index (χ0n) is 12.3. The molecule has 1 saturated carbocycles. The van der Waals surface area contributed by atoms with Crippen LogP contribution in [0.4, 0.5) is 0 Å². The van der Waals surface area contributed by atoms with Gasteiger partial charge in [0.15, 0.2) is 5.76 Å². The van der Waals surface area contributed by atoms with Crippen molar-refractivity contribution in [3.8, 4) is 0 Å². The van der Waals surface area contributed by atoms with E-state index in [0.29, 0.717) is 12.8 Å². The van der Waals surface area contributed by atoms with Crippen LogP contribution in [-0.4, -0.2) is 37.2 Å². The first-order valence-corrected chi connectivity index (χ1v) is 9.00. The van der Waals surface area contributed by atoms with Crippen LogP contribution in [0.2, 0.25) is 0 Å². The molecular formula is C14H19NO6S. The Balaban J connectivity index is 2.21. The molecule has 2 N–H and O–H groups in total. The van der Waals surface area contributed by atoms with E-state index in [1.807, 2.05) is 0 Å². The first kappa shape index (κ1) is 16.5. The molecule has 1 aromatic heterocycles. The van der Waals surface area contributed by atoms with Crippen LogP contribution in [0.3, 0.4) is 0 Å². The monoisotopic (exact) mass is 329 g/mol. The van der Waals surface area contributed by atoms with Gasteiger partial charge in [-0.2, -0.15) is 0 Å². The van der Waals surface area contributed by atoms with Crippen molar-refractivity contribution in [3.63, 3.8) is 0 Å². The highest BCUT2D eigenvalue weighted by Gasteiger charge is 2.40. The average molecular weight is 329 g/mol. The second kappa shape index (κ2) is 6.12. The first-order valence-electron chi connectivity index (χ1n) is 7.10. The van der Waals surface area contributed by atoms with Crippen molar-refractivity contribution in [2.45, 2.75) is 49.2 Å². The van der Waals surface area contributed by atoms with E-state index >= 15 is 0 Å². The fourth-order valence-corrected chi connectivity index (χ4v) is 3.20. The zero-order chi connectivity index (χ0) is 16.4. The third kappa shape index (κ3) is 3.49. The fraction of sp³-hybridized carbons (Fsp3) is 0.571. The predicted octanol–water partition coefficient (Wildman–Crippen LogP) is 1.59. The molecule has 8 heteroatoms. The van der Waals surface area contributed by atoms with Crippen molar-refractivity contribution in [3.05, 3.63) is 17.9 Å². The average Bonchev–Trinajstić information content (AvgIpc) is 2.81. The van der Waals surface area contributed by atoms with Crippen LogP contribution in [0.25, 0.3) is 0 Å². The summed E-state index contributed by atoms with van der Waals surface area (Å²) in [5, 5.41) is 11.7. The molecule has 0 atom stereocenters. The van der Waals surface area contributed by atoms with Crippen LogP contribution in [0.1, 0.15) is 49.1 Å². The van der Waals surface area contributed by atoms with E-state index in [0.717, 1.165) is 31.9 Å². The summed E-state index contributed by atoms with van der Waals surface area (Å²) in [5.74, 6) is -1.98. The Morgan fingerprint density at radius 1 is 1.18 bits per heavy atom. The molecular weight excluding hydrogens is 310 g/mol. The number of hydrogen-bond donors (Lipinski definition) is 2. The second-order valence-electron chi connectivity index (χ2n) is 5.65. The van der Waals surface area contributed by atoms with Crippen LogP contribution in [-0.2, 0) is 14.6 Å². The van der Waals surface area contributed by atoms with E-state index in [1.165, 1.54) is 12.1 Å². The quantitative estimate of drug-likeness (QED) is 0.811. The van der Waals surface area contributed by atoms with Gasteiger partial charge in [-0.3, -0.25) is 4.79 Å². The molecule has 0 spiro atoms. The Kier molecular flexibility index (Phi) is 4.60. The van der Waals surface area contributed by atoms with E-state index in [9.17, 15) is 23.1 Å². The summed E-state index contributed by atoms with van der Waals surface area (Å²) in [4.78, 5) is 23.8. The van der Waals surface area contributed by atoms with Crippen molar-refractivity contribution in [1.29, 1.82) is 0 Å². The number of sulfone groups is 1. The third-order valence-corrected chi connectivity index (χ3v) is 4.84. The van der Waals surface area contributed by atoms with E-state index in [2.05, 4.69) is 5.32 Å². The molecule has 2 rings (SSSR count). The SMILES string of the molecule is CS(=O)(=O)c1ccc(C(=O)NC2(C(=O)O)CCCCCC2)o1. The Bertz CT molecular complexity index is 667. The predicted molar refractivity (Wildman–Crippen MR) is 77.4 cm³/mol. The summed E-state index contributed by atoms with van der Waals surface area (Å²) in [6.45, 7) is 0. The number of carboxylic acids is 1. The lowest BCUT2D eigenvalue weighted by atomic mass is 9.90. The molecule has 1 fully saturated rings. The van der Waals surface area contributed by atoms with Gasteiger partial charge >= 0.3 is 5.97 Å². The minimum atomic E-state index is -3.55. The van der Waals surface area contributed by atoms with Crippen LogP contribution in [0.5, 0.6) is 0 Å². The van der Waals surface area contributed by atoms with Crippen LogP contribution in [0, 0.1) is 0 Å². The third-order valence-electron chi connectivity index (χ3n) is 3.89. The molecule has 0 saturated heterocycles. The molecule has 1 amide bonds. The molecule has 122 valence electrons. The number of amides is 1. The maximum Gasteiger partial charge on any atom is 0.329 e. The number of hydrogen-bond acceptors (Lipinski definition) is 5. The number of aliphatic carboxylic acids is 1. The van der Waals surface area contributed by atoms with E-state index in [4.69, 9.17) is 4.42 Å². The number of carboxylic acid groups (broad SMARTS) is 1. The smallest absolute Gasteiger partial charge is 0.329 e. The molecule has 22 heavy (non-hydrogen) atoms. The topological polar surface area (TPSA) is 114 Å². The number of furan rings is 1. The van der Waals surface area contributed by atoms with Crippen LogP contribution in [0.15, 0.2) is 21.6 Å². The van der Waals surface area contributed by atoms with Crippen LogP contribution >= 0.6 is 0 Å². The van der Waals surface area contributed by atoms with Gasteiger partial charge in [0.1, 0.15) is 5.54 Å². The lowest BCUT2D eigenvalue weighted by Gasteiger charge is -2.28. The second-order valence-corrected chi connectivity index (χ2v) is 7.59. The van der Waals surface area contributed by atoms with E-state index in [1.54, 1.807) is 0 Å². The molecule has 1 heterocycles. The fourth-order valence-electron chi connectivity index (χ4n) is 2.64. The molecule has 1 aliphatic rings. The summed E-state index contributed by atoms with van der Waals surface area (Å²) in [7, 11) is -3.55. The Hall–Kier alpha value is -1.83. The number of rotatable bonds is 4. The molecule has 0 unspecified atom stereocenters. The minimum Gasteiger partial charge on any atom is -0.480 e. The summed E-state index contributed by atoms with van der Waals surface area (Å²) in [6.07, 6.45) is 4.99. The number of nitrogens with one attached hydrogen (secondary N) is 1. The van der Waals surface area contributed by atoms with Gasteiger partial charge in [0.25, 0.3) is 5.91 Å². The molecule has 1 aliphatic carbocycles. The Morgan fingerprint density at radius 3 is 2.23 bits per heavy atom. The van der Waals surface area contributed by atoms with E-state index in [-0.39, 0.29) is 10.9 Å². The first-order chi connectivity index (χ1) is 10.2. The van der Waals surface area contributed by atoms with Crippen molar-refractivity contribution in [2.24, 2.45) is 0 Å². The summed E-state index contributed by atoms with van der Waals surface area (Å²) >= 11 is 0. The minimum absolute atomic E-state index is 0.203. The van der Waals surface area contributed by atoms with Gasteiger partial charge < -0.3 is 14.8 Å². The van der Waals surface area contributed by atoms with Gasteiger partial charge in [-0.25, -0.2) is 13.2 Å². The van der Waals surface area contributed by atoms with E-state index < -0.39 is 27.3 Å². The van der Waals surface area contributed by atoms with Gasteiger partial charge in [-0.15, -0.1) is 0 Å². The number of carbonyl (C=O) groups is 2. The summed E-state index contributed by atoms with van der Waals surface area (Å²) < 4.78 is 27.7. The summed E-state index contributed by atoms with van der Waals surface area (Å²) in [6, 6.07) is 2.42. The number of carbonyl (C=O) groups excluding carboxylic acids is 1. The largest absolute Gasteiger partial charge is 0.480 e. The van der Waals surface area contributed by atoms with Crippen molar-refractivity contribution in [2.75, 3.05) is 6.26 Å². The highest BCUT2D eigenvalue weighted by atomic mass is 32.2. The molecule has 0 bridgehead atoms. The standard InChI is InChI=1S/C14H19NO6S/c1-22(19,20)11-7-6-10(21-11)12(16)15-14(13(17)18)8-4-2-3-5-9-14/h6-7H,2-5,8-9H2,1H3,(H,15,16)(H,17,18).